The Morgan fingerprint density at radius 2 is 0.870 bits per heavy atom. The van der Waals surface area contributed by atoms with E-state index in [9.17, 15) is 19.0 Å². The molecule has 9 nitrogen and oxygen atoms in total. The molecule has 0 aromatic heterocycles. The molecule has 1 unspecified atom stereocenters. The molecule has 0 aliphatic heterocycles. The molecule has 0 rings (SSSR count). The number of carbonyl (C=O) groups is 2. The maximum absolute atomic E-state index is 12.2. The van der Waals surface area contributed by atoms with Crippen LogP contribution in [0.2, 0.25) is 0 Å². The topological polar surface area (TPSA) is 111 Å². The minimum atomic E-state index is -4.57. The van der Waals surface area contributed by atoms with Crippen LogP contribution in [0.3, 0.4) is 0 Å². The maximum atomic E-state index is 12.2. The number of unbranched alkanes of at least 4 members (excludes halogenated alkanes) is 30. The van der Waals surface area contributed by atoms with Crippen molar-refractivity contribution in [2.45, 2.75) is 225 Å². The molecule has 0 heterocycles. The van der Waals surface area contributed by atoms with E-state index in [1.807, 2.05) is 21.1 Å². The number of phosphoric ester groups is 1. The summed E-state index contributed by atoms with van der Waals surface area (Å²) in [7, 11) is 1.17. The van der Waals surface area contributed by atoms with Gasteiger partial charge in [-0.1, -0.05) is 200 Å². The number of ether oxygens (including phenoxy) is 2. The van der Waals surface area contributed by atoms with Crippen molar-refractivity contribution in [1.29, 1.82) is 0 Å². The number of hydrogen-bond donors (Lipinski definition) is 0. The third kappa shape index (κ3) is 42.2. The van der Waals surface area contributed by atoms with Gasteiger partial charge in [-0.05, 0) is 6.42 Å². The van der Waals surface area contributed by atoms with Crippen LogP contribution >= 0.6 is 7.82 Å². The van der Waals surface area contributed by atoms with Crippen molar-refractivity contribution in [3.8, 4) is 0 Å². The van der Waals surface area contributed by atoms with Crippen LogP contribution in [-0.2, 0) is 32.7 Å². The number of nitrogens with zero attached hydrogens (tertiary/aromatic N) is 1. The van der Waals surface area contributed by atoms with E-state index >= 15 is 0 Å². The van der Waals surface area contributed by atoms with Gasteiger partial charge in [0, 0.05) is 13.3 Å². The zero-order chi connectivity index (χ0) is 40.0. The van der Waals surface area contributed by atoms with Gasteiger partial charge >= 0.3 is 11.9 Å². The fourth-order valence-electron chi connectivity index (χ4n) is 6.72. The first-order valence-electron chi connectivity index (χ1n) is 22.7. The highest BCUT2D eigenvalue weighted by Crippen LogP contribution is 2.38. The monoisotopic (exact) mass is 790 g/mol. The Morgan fingerprint density at radius 1 is 0.537 bits per heavy atom. The van der Waals surface area contributed by atoms with E-state index in [1.54, 1.807) is 0 Å². The Hall–Kier alpha value is -0.990. The summed E-state index contributed by atoms with van der Waals surface area (Å²) in [6, 6.07) is 0. The van der Waals surface area contributed by atoms with E-state index in [0.29, 0.717) is 11.0 Å². The Labute approximate surface area is 334 Å². The van der Waals surface area contributed by atoms with Crippen molar-refractivity contribution < 1.29 is 42.1 Å². The Morgan fingerprint density at radius 3 is 1.19 bits per heavy atom. The summed E-state index contributed by atoms with van der Waals surface area (Å²) in [5.74, 6) is -1.01. The third-order valence-corrected chi connectivity index (χ3v) is 11.1. The van der Waals surface area contributed by atoms with Gasteiger partial charge in [-0.2, -0.15) is 0 Å². The van der Waals surface area contributed by atoms with Gasteiger partial charge < -0.3 is 27.9 Å². The van der Waals surface area contributed by atoms with Crippen molar-refractivity contribution in [2.75, 3.05) is 47.5 Å². The molecular weight excluding hydrogens is 701 g/mol. The molecule has 0 aliphatic carbocycles. The Balaban J connectivity index is 3.49. The highest BCUT2D eigenvalue weighted by atomic mass is 31.2. The number of hydrogen-bond acceptors (Lipinski definition) is 8. The highest BCUT2D eigenvalue weighted by Gasteiger charge is 2.20. The van der Waals surface area contributed by atoms with Gasteiger partial charge in [-0.3, -0.25) is 14.2 Å². The Bertz CT molecular complexity index is 896. The van der Waals surface area contributed by atoms with Crippen LogP contribution < -0.4 is 4.89 Å². The molecule has 0 aromatic carbocycles. The summed E-state index contributed by atoms with van der Waals surface area (Å²) in [6.07, 6.45) is 41.4. The van der Waals surface area contributed by atoms with E-state index in [-0.39, 0.29) is 19.6 Å². The summed E-state index contributed by atoms with van der Waals surface area (Å²) in [5.41, 5.74) is 0. The van der Waals surface area contributed by atoms with E-state index in [4.69, 9.17) is 18.5 Å². The smallest absolute Gasteiger partial charge is 0.305 e. The molecule has 0 aromatic rings. The minimum Gasteiger partial charge on any atom is -0.756 e. The van der Waals surface area contributed by atoms with Crippen LogP contribution in [0.25, 0.3) is 0 Å². The normalized spacial score (nSPS) is 13.5. The molecule has 0 fully saturated rings. The van der Waals surface area contributed by atoms with E-state index < -0.39 is 32.5 Å². The second kappa shape index (κ2) is 37.6. The zero-order valence-electron chi connectivity index (χ0n) is 36.2. The van der Waals surface area contributed by atoms with Gasteiger partial charge in [0.25, 0.3) is 7.82 Å². The average molecular weight is 790 g/mol. The zero-order valence-corrected chi connectivity index (χ0v) is 37.1. The number of carbonyl (C=O) groups excluding carboxylic acids is 2. The average Bonchev–Trinajstić information content (AvgIpc) is 3.11. The summed E-state index contributed by atoms with van der Waals surface area (Å²) in [5, 5.41) is 0. The van der Waals surface area contributed by atoms with Gasteiger partial charge in [0.05, 0.1) is 27.7 Å². The van der Waals surface area contributed by atoms with Crippen molar-refractivity contribution in [2.24, 2.45) is 0 Å². The van der Waals surface area contributed by atoms with Crippen LogP contribution in [0, 0.1) is 0 Å². The van der Waals surface area contributed by atoms with Crippen molar-refractivity contribution >= 4 is 19.8 Å². The number of esters is 2. The molecule has 0 bridgehead atoms. The number of quaternary nitrogens is 1. The fraction of sp³-hybridized carbons (Fsp3) is 0.955. The molecular formula is C44H88NO8P. The van der Waals surface area contributed by atoms with Gasteiger partial charge in [-0.15, -0.1) is 0 Å². The van der Waals surface area contributed by atoms with Crippen molar-refractivity contribution in [1.82, 2.24) is 0 Å². The highest BCUT2D eigenvalue weighted by molar-refractivity contribution is 7.45. The van der Waals surface area contributed by atoms with E-state index in [2.05, 4.69) is 6.92 Å². The summed E-state index contributed by atoms with van der Waals surface area (Å²) in [6.45, 7) is 3.20. The molecule has 0 N–H and O–H groups in total. The summed E-state index contributed by atoms with van der Waals surface area (Å²) in [4.78, 5) is 35.6. The molecule has 0 amide bonds. The first-order valence-corrected chi connectivity index (χ1v) is 24.1. The number of likely N-dealkylation sites (N-methyl/N-ethyl adjacent to an activating group) is 1. The van der Waals surface area contributed by atoms with E-state index in [0.717, 1.165) is 19.3 Å². The second-order valence-electron chi connectivity index (χ2n) is 16.9. The minimum absolute atomic E-state index is 0.0305. The van der Waals surface area contributed by atoms with Crippen LogP contribution in [0.5, 0.6) is 0 Å². The molecule has 10 heteroatoms. The summed E-state index contributed by atoms with van der Waals surface area (Å²) < 4.78 is 32.6. The van der Waals surface area contributed by atoms with Crippen LogP contribution in [0.1, 0.15) is 219 Å². The second-order valence-corrected chi connectivity index (χ2v) is 18.3. The van der Waals surface area contributed by atoms with Gasteiger partial charge in [0.15, 0.2) is 6.10 Å². The van der Waals surface area contributed by atoms with E-state index in [1.165, 1.54) is 187 Å². The van der Waals surface area contributed by atoms with Gasteiger partial charge in [0.1, 0.15) is 19.8 Å². The lowest BCUT2D eigenvalue weighted by atomic mass is 10.0. The lowest BCUT2D eigenvalue weighted by Crippen LogP contribution is -2.37. The third-order valence-electron chi connectivity index (χ3n) is 10.2. The lowest BCUT2D eigenvalue weighted by Gasteiger charge is -2.28. The molecule has 0 radical (unpaired) electrons. The van der Waals surface area contributed by atoms with Crippen LogP contribution in [0.15, 0.2) is 0 Å². The summed E-state index contributed by atoms with van der Waals surface area (Å²) >= 11 is 0. The largest absolute Gasteiger partial charge is 0.756 e. The molecule has 54 heavy (non-hydrogen) atoms. The first kappa shape index (κ1) is 53.0. The van der Waals surface area contributed by atoms with Crippen LogP contribution in [-0.4, -0.2) is 70.0 Å². The molecule has 0 aliphatic rings. The molecule has 2 atom stereocenters. The standard InChI is InChI=1S/C44H88NO8P/c1-6-7-8-9-10-11-12-13-14-15-16-17-18-19-20-21-22-23-24-25-26-27-28-29-30-31-32-33-34-35-36-37-44(47)50-40-43(53-42(2)46)41-52-54(48,49)51-39-38-45(3,4)5/h43H,6-41H2,1-5H3/t43-/m1/s1. The van der Waals surface area contributed by atoms with Crippen LogP contribution in [0.4, 0.5) is 0 Å². The van der Waals surface area contributed by atoms with Crippen molar-refractivity contribution in [3.05, 3.63) is 0 Å². The molecule has 0 saturated carbocycles. The SMILES string of the molecule is CCCCCCCCCCCCCCCCCCCCCCCCCCCCCCCCCC(=O)OC[C@H](COP(=O)([O-])OCC[N+](C)(C)C)OC(C)=O. The molecule has 322 valence electrons. The predicted octanol–water partition coefficient (Wildman–Crippen LogP) is 12.2. The predicted molar refractivity (Wildman–Crippen MR) is 222 cm³/mol. The van der Waals surface area contributed by atoms with Crippen molar-refractivity contribution in [3.63, 3.8) is 0 Å². The molecule has 0 spiro atoms. The maximum Gasteiger partial charge on any atom is 0.305 e. The van der Waals surface area contributed by atoms with Gasteiger partial charge in [-0.25, -0.2) is 0 Å². The molecule has 0 saturated heterocycles. The first-order chi connectivity index (χ1) is 25.9. The fourth-order valence-corrected chi connectivity index (χ4v) is 7.44. The van der Waals surface area contributed by atoms with Gasteiger partial charge in [0.2, 0.25) is 0 Å². The Kier molecular flexibility index (Phi) is 36.9. The lowest BCUT2D eigenvalue weighted by molar-refractivity contribution is -0.870. The number of phosphoric acid groups is 1. The quantitative estimate of drug-likeness (QED) is 0.0260. The number of rotatable bonds is 42.